The summed E-state index contributed by atoms with van der Waals surface area (Å²) in [5, 5.41) is 2.93. The normalized spacial score (nSPS) is 22.1. The van der Waals surface area contributed by atoms with E-state index in [2.05, 4.69) is 15.3 Å². The summed E-state index contributed by atoms with van der Waals surface area (Å²) >= 11 is 0. The second kappa shape index (κ2) is 6.38. The van der Waals surface area contributed by atoms with Crippen LogP contribution in [0.15, 0.2) is 6.20 Å². The molecule has 1 aromatic rings. The van der Waals surface area contributed by atoms with Crippen molar-refractivity contribution in [1.29, 1.82) is 0 Å². The van der Waals surface area contributed by atoms with Gasteiger partial charge in [-0.1, -0.05) is 0 Å². The predicted molar refractivity (Wildman–Crippen MR) is 88.5 cm³/mol. The number of nitrogens with one attached hydrogen (secondary N) is 1. The number of carbonyl (C=O) groups excluding carboxylic acids is 1. The van der Waals surface area contributed by atoms with E-state index in [1.807, 2.05) is 0 Å². The van der Waals surface area contributed by atoms with Crippen LogP contribution in [-0.4, -0.2) is 59.6 Å². The van der Waals surface area contributed by atoms with E-state index in [0.29, 0.717) is 30.0 Å². The molecule has 2 aliphatic rings. The number of nitrogens with zero attached hydrogens (tertiary/aromatic N) is 4. The number of carbonyl (C=O) groups is 1. The summed E-state index contributed by atoms with van der Waals surface area (Å²) < 4.78 is 27.8. The van der Waals surface area contributed by atoms with Gasteiger partial charge in [-0.05, 0) is 32.6 Å². The maximum atomic E-state index is 12.6. The van der Waals surface area contributed by atoms with Crippen molar-refractivity contribution < 1.29 is 13.2 Å². The third-order valence-electron chi connectivity index (χ3n) is 4.37. The van der Waals surface area contributed by atoms with Crippen LogP contribution < -0.4 is 5.32 Å². The van der Waals surface area contributed by atoms with Crippen molar-refractivity contribution in [3.63, 3.8) is 0 Å². The van der Waals surface area contributed by atoms with Crippen LogP contribution in [0.3, 0.4) is 0 Å². The molecule has 2 heterocycles. The summed E-state index contributed by atoms with van der Waals surface area (Å²) in [6.07, 6.45) is 4.86. The highest BCUT2D eigenvalue weighted by Gasteiger charge is 2.39. The summed E-state index contributed by atoms with van der Waals surface area (Å²) in [5.41, 5.74) is 0.877. The predicted octanol–water partition coefficient (Wildman–Crippen LogP) is 0.621. The van der Waals surface area contributed by atoms with Gasteiger partial charge in [0.25, 0.3) is 16.1 Å². The molecule has 0 spiro atoms. The Bertz CT molecular complexity index is 745. The van der Waals surface area contributed by atoms with Gasteiger partial charge in [-0.2, -0.15) is 17.0 Å². The average Bonchev–Trinajstić information content (AvgIpc) is 3.18. The highest BCUT2D eigenvalue weighted by Crippen LogP contribution is 2.35. The molecule has 1 saturated carbocycles. The zero-order valence-electron chi connectivity index (χ0n) is 14.2. The lowest BCUT2D eigenvalue weighted by atomic mass is 10.1. The minimum atomic E-state index is -3.57. The molecule has 0 bridgehead atoms. The van der Waals surface area contributed by atoms with Crippen LogP contribution in [0.1, 0.15) is 53.6 Å². The van der Waals surface area contributed by atoms with Gasteiger partial charge in [0, 0.05) is 32.9 Å². The zero-order valence-corrected chi connectivity index (χ0v) is 15.0. The number of hydrogen-bond acceptors (Lipinski definition) is 5. The molecule has 132 valence electrons. The average molecular weight is 353 g/mol. The fourth-order valence-electron chi connectivity index (χ4n) is 2.91. The number of hydrogen-bond donors (Lipinski definition) is 1. The smallest absolute Gasteiger partial charge is 0.282 e. The zero-order chi connectivity index (χ0) is 17.5. The van der Waals surface area contributed by atoms with Crippen LogP contribution in [0.4, 0.5) is 0 Å². The number of amides is 1. The molecule has 1 N–H and O–H groups in total. The summed E-state index contributed by atoms with van der Waals surface area (Å²) in [4.78, 5) is 21.1. The van der Waals surface area contributed by atoms with E-state index in [0.717, 1.165) is 19.3 Å². The Morgan fingerprint density at radius 2 is 2.04 bits per heavy atom. The van der Waals surface area contributed by atoms with Gasteiger partial charge in [0.1, 0.15) is 5.82 Å². The number of rotatable bonds is 5. The molecule has 0 aromatic carbocycles. The Labute approximate surface area is 142 Å². The molecule has 1 aliphatic carbocycles. The fraction of sp³-hybridized carbons (Fsp3) is 0.667. The van der Waals surface area contributed by atoms with Crippen LogP contribution in [0.2, 0.25) is 0 Å². The molecule has 8 nitrogen and oxygen atoms in total. The molecule has 1 unspecified atom stereocenters. The van der Waals surface area contributed by atoms with Crippen molar-refractivity contribution in [3.8, 4) is 0 Å². The first kappa shape index (κ1) is 17.2. The van der Waals surface area contributed by atoms with E-state index >= 15 is 0 Å². The summed E-state index contributed by atoms with van der Waals surface area (Å²) in [6, 6.07) is -0.212. The third kappa shape index (κ3) is 3.28. The Balaban J connectivity index is 1.97. The summed E-state index contributed by atoms with van der Waals surface area (Å²) in [7, 11) is -0.544. The molecule has 1 aliphatic heterocycles. The van der Waals surface area contributed by atoms with Crippen LogP contribution in [-0.2, 0) is 10.2 Å². The van der Waals surface area contributed by atoms with Crippen LogP contribution in [0, 0.1) is 6.92 Å². The summed E-state index contributed by atoms with van der Waals surface area (Å²) in [5.74, 6) is 0.309. The topological polar surface area (TPSA) is 95.5 Å². The lowest BCUT2D eigenvalue weighted by molar-refractivity contribution is 0.0947. The lowest BCUT2D eigenvalue weighted by Gasteiger charge is -2.27. The first-order valence-corrected chi connectivity index (χ1v) is 9.54. The van der Waals surface area contributed by atoms with Gasteiger partial charge in [-0.3, -0.25) is 4.79 Å². The molecule has 1 amide bonds. The molecule has 1 saturated heterocycles. The van der Waals surface area contributed by atoms with Gasteiger partial charge in [-0.15, -0.1) is 0 Å². The Hall–Kier alpha value is -1.58. The van der Waals surface area contributed by atoms with Gasteiger partial charge >= 0.3 is 0 Å². The van der Waals surface area contributed by atoms with Gasteiger partial charge < -0.3 is 5.32 Å². The molecular formula is C15H23N5O3S. The van der Waals surface area contributed by atoms with Gasteiger partial charge in [0.15, 0.2) is 0 Å². The Kier molecular flexibility index (Phi) is 4.58. The third-order valence-corrected chi connectivity index (χ3v) is 6.33. The minimum absolute atomic E-state index is 0.219. The van der Waals surface area contributed by atoms with Gasteiger partial charge in [0.05, 0.1) is 17.3 Å². The Morgan fingerprint density at radius 3 is 2.67 bits per heavy atom. The van der Waals surface area contributed by atoms with Gasteiger partial charge in [-0.25, -0.2) is 9.97 Å². The first-order chi connectivity index (χ1) is 11.3. The maximum Gasteiger partial charge on any atom is 0.282 e. The molecular weight excluding hydrogens is 330 g/mol. The second-order valence-corrected chi connectivity index (χ2v) is 8.62. The highest BCUT2D eigenvalue weighted by molar-refractivity contribution is 7.86. The number of aryl methyl sites for hydroxylation is 1. The van der Waals surface area contributed by atoms with E-state index in [4.69, 9.17) is 0 Å². The van der Waals surface area contributed by atoms with Crippen molar-refractivity contribution in [2.75, 3.05) is 20.6 Å². The molecule has 2 fully saturated rings. The van der Waals surface area contributed by atoms with Crippen molar-refractivity contribution in [2.24, 2.45) is 0 Å². The largest absolute Gasteiger partial charge is 0.349 e. The van der Waals surface area contributed by atoms with Crippen LogP contribution >= 0.6 is 0 Å². The highest BCUT2D eigenvalue weighted by atomic mass is 32.2. The quantitative estimate of drug-likeness (QED) is 0.837. The minimum Gasteiger partial charge on any atom is -0.349 e. The van der Waals surface area contributed by atoms with E-state index < -0.39 is 16.3 Å². The molecule has 0 radical (unpaired) electrons. The van der Waals surface area contributed by atoms with Crippen LogP contribution in [0.5, 0.6) is 0 Å². The SMILES string of the molecule is Cc1ncc(C(=O)NC2CC2)c(C2CCCN2S(=O)(=O)N(C)C)n1. The monoisotopic (exact) mass is 353 g/mol. The first-order valence-electron chi connectivity index (χ1n) is 8.14. The number of aromatic nitrogens is 2. The lowest BCUT2D eigenvalue weighted by Crippen LogP contribution is -2.40. The van der Waals surface area contributed by atoms with Crippen molar-refractivity contribution >= 4 is 16.1 Å². The van der Waals surface area contributed by atoms with Crippen molar-refractivity contribution in [1.82, 2.24) is 23.9 Å². The van der Waals surface area contributed by atoms with Crippen molar-refractivity contribution in [3.05, 3.63) is 23.3 Å². The Morgan fingerprint density at radius 1 is 1.33 bits per heavy atom. The molecule has 24 heavy (non-hydrogen) atoms. The molecule has 1 aromatic heterocycles. The van der Waals surface area contributed by atoms with E-state index in [1.165, 1.54) is 28.9 Å². The van der Waals surface area contributed by atoms with E-state index in [9.17, 15) is 13.2 Å². The maximum absolute atomic E-state index is 12.6. The molecule has 3 rings (SSSR count). The van der Waals surface area contributed by atoms with Crippen LogP contribution in [0.25, 0.3) is 0 Å². The summed E-state index contributed by atoms with van der Waals surface area (Å²) in [6.45, 7) is 2.17. The molecule has 1 atom stereocenters. The van der Waals surface area contributed by atoms with E-state index in [-0.39, 0.29) is 11.9 Å². The second-order valence-electron chi connectivity index (χ2n) is 6.52. The molecule has 9 heteroatoms. The van der Waals surface area contributed by atoms with E-state index in [1.54, 1.807) is 6.92 Å². The standard InChI is InChI=1S/C15H23N5O3S/c1-10-16-9-12(15(21)18-11-6-7-11)14(17-10)13-5-4-8-20(13)24(22,23)19(2)3/h9,11,13H,4-8H2,1-3H3,(H,18,21). The van der Waals surface area contributed by atoms with Gasteiger partial charge in [0.2, 0.25) is 0 Å². The van der Waals surface area contributed by atoms with Crippen molar-refractivity contribution in [2.45, 2.75) is 44.7 Å². The fourth-order valence-corrected chi connectivity index (χ4v) is 4.21.